The molecule has 0 aromatic heterocycles. The van der Waals surface area contributed by atoms with Crippen molar-refractivity contribution in [3.63, 3.8) is 0 Å². The second-order valence-corrected chi connectivity index (χ2v) is 4.00. The first kappa shape index (κ1) is 13.1. The summed E-state index contributed by atoms with van der Waals surface area (Å²) >= 11 is 0. The summed E-state index contributed by atoms with van der Waals surface area (Å²) in [5.41, 5.74) is 0. The summed E-state index contributed by atoms with van der Waals surface area (Å²) in [6, 6.07) is 0. The lowest BCUT2D eigenvalue weighted by molar-refractivity contribution is -0.147. The Bertz CT molecular complexity index is 185. The molecule has 0 atom stereocenters. The maximum Gasteiger partial charge on any atom is 0.306 e. The second-order valence-electron chi connectivity index (χ2n) is 4.00. The van der Waals surface area contributed by atoms with E-state index in [0.29, 0.717) is 12.3 Å². The molecule has 3 nitrogen and oxygen atoms in total. The standard InChI is InChI=1S/C11H20O3/c1-9(2)6-4-5-7-11(13)14-8-10(3)12/h9H,4-8H2,1-3H3. The van der Waals surface area contributed by atoms with Crippen molar-refractivity contribution in [3.8, 4) is 0 Å². The van der Waals surface area contributed by atoms with Crippen molar-refractivity contribution in [2.75, 3.05) is 6.61 Å². The van der Waals surface area contributed by atoms with Gasteiger partial charge in [-0.1, -0.05) is 26.7 Å². The van der Waals surface area contributed by atoms with Crippen LogP contribution in [0.5, 0.6) is 0 Å². The Labute approximate surface area is 85.8 Å². The molecule has 0 amide bonds. The number of Topliss-reactive ketones (excluding diaryl/α,β-unsaturated/α-hetero) is 1. The monoisotopic (exact) mass is 200 g/mol. The van der Waals surface area contributed by atoms with Crippen molar-refractivity contribution in [2.24, 2.45) is 5.92 Å². The second kappa shape index (κ2) is 7.54. The maximum atomic E-state index is 11.0. The SMILES string of the molecule is CC(=O)COC(=O)CCCCC(C)C. The van der Waals surface area contributed by atoms with Crippen molar-refractivity contribution in [1.82, 2.24) is 0 Å². The van der Waals surface area contributed by atoms with Gasteiger partial charge in [-0.15, -0.1) is 0 Å². The molecule has 0 aromatic carbocycles. The van der Waals surface area contributed by atoms with Gasteiger partial charge in [0.1, 0.15) is 6.61 Å². The Morgan fingerprint density at radius 1 is 1.21 bits per heavy atom. The molecule has 0 unspecified atom stereocenters. The summed E-state index contributed by atoms with van der Waals surface area (Å²) in [7, 11) is 0. The van der Waals surface area contributed by atoms with Gasteiger partial charge in [-0.25, -0.2) is 0 Å². The van der Waals surface area contributed by atoms with Crippen molar-refractivity contribution >= 4 is 11.8 Å². The van der Waals surface area contributed by atoms with Gasteiger partial charge in [0.2, 0.25) is 0 Å². The normalized spacial score (nSPS) is 10.3. The molecule has 0 aliphatic heterocycles. The third-order valence-corrected chi connectivity index (χ3v) is 1.85. The Kier molecular flexibility index (Phi) is 7.07. The number of carbonyl (C=O) groups excluding carboxylic acids is 2. The van der Waals surface area contributed by atoms with Crippen LogP contribution < -0.4 is 0 Å². The van der Waals surface area contributed by atoms with Crippen LogP contribution in [-0.2, 0) is 14.3 Å². The summed E-state index contributed by atoms with van der Waals surface area (Å²) < 4.78 is 4.72. The van der Waals surface area contributed by atoms with Crippen molar-refractivity contribution in [3.05, 3.63) is 0 Å². The average molecular weight is 200 g/mol. The molecule has 0 fully saturated rings. The number of hydrogen-bond acceptors (Lipinski definition) is 3. The van der Waals surface area contributed by atoms with Gasteiger partial charge < -0.3 is 4.74 Å². The fourth-order valence-electron chi connectivity index (χ4n) is 1.08. The molecule has 0 aliphatic rings. The molecule has 0 rings (SSSR count). The summed E-state index contributed by atoms with van der Waals surface area (Å²) in [6.07, 6.45) is 3.47. The number of ketones is 1. The van der Waals surface area contributed by atoms with Crippen LogP contribution in [0.2, 0.25) is 0 Å². The van der Waals surface area contributed by atoms with Gasteiger partial charge in [0, 0.05) is 6.42 Å². The molecular weight excluding hydrogens is 180 g/mol. The third kappa shape index (κ3) is 9.23. The zero-order valence-electron chi connectivity index (χ0n) is 9.34. The molecule has 14 heavy (non-hydrogen) atoms. The van der Waals surface area contributed by atoms with E-state index in [-0.39, 0.29) is 18.4 Å². The molecule has 82 valence electrons. The first-order valence-electron chi connectivity index (χ1n) is 5.17. The molecular formula is C11H20O3. The number of esters is 1. The minimum atomic E-state index is -0.260. The third-order valence-electron chi connectivity index (χ3n) is 1.85. The van der Waals surface area contributed by atoms with Gasteiger partial charge in [-0.2, -0.15) is 0 Å². The molecule has 0 bridgehead atoms. The van der Waals surface area contributed by atoms with E-state index in [1.165, 1.54) is 6.92 Å². The highest BCUT2D eigenvalue weighted by Gasteiger charge is 2.04. The molecule has 0 heterocycles. The van der Waals surface area contributed by atoms with E-state index < -0.39 is 0 Å². The molecule has 0 radical (unpaired) electrons. The van der Waals surface area contributed by atoms with E-state index in [1.807, 2.05) is 0 Å². The Balaban J connectivity index is 3.31. The van der Waals surface area contributed by atoms with E-state index in [2.05, 4.69) is 13.8 Å². The topological polar surface area (TPSA) is 43.4 Å². The van der Waals surface area contributed by atoms with Crippen LogP contribution in [0.25, 0.3) is 0 Å². The van der Waals surface area contributed by atoms with E-state index in [1.54, 1.807) is 0 Å². The first-order valence-corrected chi connectivity index (χ1v) is 5.17. The van der Waals surface area contributed by atoms with Gasteiger partial charge in [0.15, 0.2) is 5.78 Å². The van der Waals surface area contributed by atoms with Crippen LogP contribution in [-0.4, -0.2) is 18.4 Å². The fraction of sp³-hybridized carbons (Fsp3) is 0.818. The zero-order valence-corrected chi connectivity index (χ0v) is 9.34. The highest BCUT2D eigenvalue weighted by Crippen LogP contribution is 2.08. The number of carbonyl (C=O) groups is 2. The summed E-state index contributed by atoms with van der Waals surface area (Å²) in [5.74, 6) is 0.313. The lowest BCUT2D eigenvalue weighted by atomic mass is 10.1. The molecule has 0 aliphatic carbocycles. The molecule has 0 aromatic rings. The van der Waals surface area contributed by atoms with Gasteiger partial charge >= 0.3 is 5.97 Å². The van der Waals surface area contributed by atoms with Gasteiger partial charge in [0.25, 0.3) is 0 Å². The summed E-state index contributed by atoms with van der Waals surface area (Å²) in [5, 5.41) is 0. The molecule has 0 spiro atoms. The molecule has 3 heteroatoms. The quantitative estimate of drug-likeness (QED) is 0.468. The minimum absolute atomic E-state index is 0.0803. The lowest BCUT2D eigenvalue weighted by Crippen LogP contribution is -2.10. The lowest BCUT2D eigenvalue weighted by Gasteiger charge is -2.04. The Morgan fingerprint density at radius 3 is 2.36 bits per heavy atom. The zero-order chi connectivity index (χ0) is 11.0. The summed E-state index contributed by atoms with van der Waals surface area (Å²) in [4.78, 5) is 21.5. The number of unbranched alkanes of at least 4 members (excludes halogenated alkanes) is 1. The summed E-state index contributed by atoms with van der Waals surface area (Å²) in [6.45, 7) is 5.65. The average Bonchev–Trinajstić information content (AvgIpc) is 2.08. The van der Waals surface area contributed by atoms with Crippen molar-refractivity contribution in [1.29, 1.82) is 0 Å². The van der Waals surface area contributed by atoms with Crippen LogP contribution in [0.15, 0.2) is 0 Å². The fourth-order valence-corrected chi connectivity index (χ4v) is 1.08. The number of rotatable bonds is 7. The van der Waals surface area contributed by atoms with E-state index >= 15 is 0 Å². The Hall–Kier alpha value is -0.860. The molecule has 0 saturated carbocycles. The minimum Gasteiger partial charge on any atom is -0.458 e. The van der Waals surface area contributed by atoms with E-state index in [4.69, 9.17) is 4.74 Å². The molecule has 0 saturated heterocycles. The van der Waals surface area contributed by atoms with Gasteiger partial charge in [-0.3, -0.25) is 9.59 Å². The van der Waals surface area contributed by atoms with E-state index in [0.717, 1.165) is 19.3 Å². The predicted octanol–water partition coefficient (Wildman–Crippen LogP) is 2.33. The van der Waals surface area contributed by atoms with Gasteiger partial charge in [0.05, 0.1) is 0 Å². The largest absolute Gasteiger partial charge is 0.458 e. The smallest absolute Gasteiger partial charge is 0.306 e. The molecule has 0 N–H and O–H groups in total. The number of hydrogen-bond donors (Lipinski definition) is 0. The van der Waals surface area contributed by atoms with Crippen LogP contribution in [0.4, 0.5) is 0 Å². The Morgan fingerprint density at radius 2 is 1.86 bits per heavy atom. The van der Waals surface area contributed by atoms with Crippen LogP contribution in [0.3, 0.4) is 0 Å². The van der Waals surface area contributed by atoms with Crippen LogP contribution in [0.1, 0.15) is 46.5 Å². The maximum absolute atomic E-state index is 11.0. The van der Waals surface area contributed by atoms with Crippen LogP contribution in [0, 0.1) is 5.92 Å². The van der Waals surface area contributed by atoms with E-state index in [9.17, 15) is 9.59 Å². The highest BCUT2D eigenvalue weighted by molar-refractivity contribution is 5.80. The predicted molar refractivity (Wildman–Crippen MR) is 54.9 cm³/mol. The van der Waals surface area contributed by atoms with Crippen molar-refractivity contribution < 1.29 is 14.3 Å². The van der Waals surface area contributed by atoms with Gasteiger partial charge in [-0.05, 0) is 19.3 Å². The first-order chi connectivity index (χ1) is 6.52. The van der Waals surface area contributed by atoms with Crippen LogP contribution >= 0.6 is 0 Å². The number of ether oxygens (including phenoxy) is 1. The van der Waals surface area contributed by atoms with Crippen molar-refractivity contribution in [2.45, 2.75) is 46.5 Å². The highest BCUT2D eigenvalue weighted by atomic mass is 16.5.